The van der Waals surface area contributed by atoms with E-state index in [1.54, 1.807) is 0 Å². The molecular weight excluding hydrogens is 299 g/mol. The lowest BCUT2D eigenvalue weighted by atomic mass is 9.94. The van der Waals surface area contributed by atoms with Gasteiger partial charge in [-0.1, -0.05) is 66.0 Å². The third kappa shape index (κ3) is 5.37. The second kappa shape index (κ2) is 7.87. The highest BCUT2D eigenvalue weighted by molar-refractivity contribution is 6.42. The van der Waals surface area contributed by atoms with E-state index in [0.717, 1.165) is 12.8 Å². The Morgan fingerprint density at radius 1 is 0.810 bits per heavy atom. The molecule has 0 saturated heterocycles. The highest BCUT2D eigenvalue weighted by atomic mass is 35.5. The summed E-state index contributed by atoms with van der Waals surface area (Å²) in [5, 5.41) is 1.29. The van der Waals surface area contributed by atoms with Crippen molar-refractivity contribution in [2.24, 2.45) is 5.92 Å². The maximum atomic E-state index is 6.05. The first kappa shape index (κ1) is 16.4. The van der Waals surface area contributed by atoms with Crippen LogP contribution in [-0.4, -0.2) is 0 Å². The van der Waals surface area contributed by atoms with E-state index in [2.05, 4.69) is 44.2 Å². The molecule has 0 spiro atoms. The number of hydrogen-bond acceptors (Lipinski definition) is 0. The molecule has 21 heavy (non-hydrogen) atoms. The van der Waals surface area contributed by atoms with Crippen molar-refractivity contribution in [3.05, 3.63) is 69.2 Å². The summed E-state index contributed by atoms with van der Waals surface area (Å²) in [6.45, 7) is 4.45. The van der Waals surface area contributed by atoms with Crippen molar-refractivity contribution >= 4 is 23.2 Å². The van der Waals surface area contributed by atoms with E-state index in [4.69, 9.17) is 23.2 Å². The second-order valence-corrected chi connectivity index (χ2v) is 6.73. The molecule has 2 heteroatoms. The largest absolute Gasteiger partial charge is 0.0827 e. The fraction of sp³-hybridized carbons (Fsp3) is 0.368. The lowest BCUT2D eigenvalue weighted by molar-refractivity contribution is 0.493. The number of hydrogen-bond donors (Lipinski definition) is 0. The Bertz CT molecular complexity index is 573. The van der Waals surface area contributed by atoms with E-state index in [-0.39, 0.29) is 0 Å². The summed E-state index contributed by atoms with van der Waals surface area (Å²) in [6.07, 6.45) is 4.63. The normalized spacial score (nSPS) is 12.4. The molecule has 0 amide bonds. The number of rotatable bonds is 6. The van der Waals surface area contributed by atoms with Crippen molar-refractivity contribution in [3.8, 4) is 0 Å². The average Bonchev–Trinajstić information content (AvgIpc) is 2.48. The van der Waals surface area contributed by atoms with Crippen molar-refractivity contribution in [2.45, 2.75) is 39.5 Å². The average molecular weight is 321 g/mol. The predicted octanol–water partition coefficient (Wildman–Crippen LogP) is 6.50. The van der Waals surface area contributed by atoms with Gasteiger partial charge in [0.05, 0.1) is 10.0 Å². The first-order chi connectivity index (χ1) is 10.0. The lowest BCUT2D eigenvalue weighted by Gasteiger charge is -2.12. The Labute approximate surface area is 138 Å². The van der Waals surface area contributed by atoms with Crippen LogP contribution in [0.1, 0.15) is 36.5 Å². The summed E-state index contributed by atoms with van der Waals surface area (Å²) in [5.41, 5.74) is 4.03. The maximum Gasteiger partial charge on any atom is 0.0595 e. The minimum absolute atomic E-state index is 0.632. The third-order valence-corrected chi connectivity index (χ3v) is 4.70. The molecule has 2 rings (SSSR count). The summed E-state index contributed by atoms with van der Waals surface area (Å²) in [6, 6.07) is 14.8. The van der Waals surface area contributed by atoms with Crippen LogP contribution in [0, 0.1) is 12.8 Å². The van der Waals surface area contributed by atoms with Gasteiger partial charge < -0.3 is 0 Å². The molecule has 2 aromatic carbocycles. The van der Waals surface area contributed by atoms with Gasteiger partial charge in [0.1, 0.15) is 0 Å². The first-order valence-electron chi connectivity index (χ1n) is 7.54. The summed E-state index contributed by atoms with van der Waals surface area (Å²) < 4.78 is 0. The molecule has 1 atom stereocenters. The van der Waals surface area contributed by atoms with Crippen LogP contribution in [0.2, 0.25) is 10.0 Å². The monoisotopic (exact) mass is 320 g/mol. The molecular formula is C19H22Cl2. The molecule has 0 bridgehead atoms. The van der Waals surface area contributed by atoms with Gasteiger partial charge in [-0.25, -0.2) is 0 Å². The fourth-order valence-electron chi connectivity index (χ4n) is 2.42. The molecule has 0 fully saturated rings. The topological polar surface area (TPSA) is 0 Å². The number of aryl methyl sites for hydroxylation is 3. The van der Waals surface area contributed by atoms with E-state index in [1.165, 1.54) is 29.5 Å². The Balaban J connectivity index is 1.77. The molecule has 0 nitrogen and oxygen atoms in total. The van der Waals surface area contributed by atoms with E-state index >= 15 is 0 Å². The van der Waals surface area contributed by atoms with Crippen molar-refractivity contribution in [3.63, 3.8) is 0 Å². The van der Waals surface area contributed by atoms with Crippen LogP contribution in [0.5, 0.6) is 0 Å². The predicted molar refractivity (Wildman–Crippen MR) is 93.4 cm³/mol. The van der Waals surface area contributed by atoms with Crippen LogP contribution in [0.15, 0.2) is 42.5 Å². The molecule has 0 heterocycles. The van der Waals surface area contributed by atoms with E-state index < -0.39 is 0 Å². The van der Waals surface area contributed by atoms with Crippen LogP contribution >= 0.6 is 23.2 Å². The van der Waals surface area contributed by atoms with Gasteiger partial charge in [0, 0.05) is 0 Å². The van der Waals surface area contributed by atoms with Crippen LogP contribution in [0.3, 0.4) is 0 Å². The van der Waals surface area contributed by atoms with E-state index in [1.807, 2.05) is 12.1 Å². The SMILES string of the molecule is Cc1ccc(CC[C@H](C)CCc2ccc(Cl)c(Cl)c2)cc1. The van der Waals surface area contributed by atoms with Gasteiger partial charge in [0.2, 0.25) is 0 Å². The lowest BCUT2D eigenvalue weighted by Crippen LogP contribution is -2.00. The standard InChI is InChI=1S/C19H22Cl2/c1-14-3-7-16(8-4-14)9-5-15(2)6-10-17-11-12-18(20)19(21)13-17/h3-4,7-8,11-13,15H,5-6,9-10H2,1-2H3/t15-/m0/s1. The van der Waals surface area contributed by atoms with Gasteiger partial charge in [-0.2, -0.15) is 0 Å². The molecule has 0 aliphatic rings. The molecule has 0 aliphatic heterocycles. The highest BCUT2D eigenvalue weighted by Crippen LogP contribution is 2.24. The van der Waals surface area contributed by atoms with Crippen molar-refractivity contribution in [2.75, 3.05) is 0 Å². The smallest absolute Gasteiger partial charge is 0.0595 e. The fourth-order valence-corrected chi connectivity index (χ4v) is 2.74. The maximum absolute atomic E-state index is 6.05. The zero-order valence-electron chi connectivity index (χ0n) is 12.7. The van der Waals surface area contributed by atoms with Crippen LogP contribution < -0.4 is 0 Å². The Kier molecular flexibility index (Phi) is 6.14. The molecule has 112 valence electrons. The molecule has 0 aromatic heterocycles. The van der Waals surface area contributed by atoms with Gasteiger partial charge in [-0.15, -0.1) is 0 Å². The van der Waals surface area contributed by atoms with Gasteiger partial charge in [0.15, 0.2) is 0 Å². The molecule has 0 aliphatic carbocycles. The van der Waals surface area contributed by atoms with E-state index in [9.17, 15) is 0 Å². The van der Waals surface area contributed by atoms with Crippen molar-refractivity contribution in [1.82, 2.24) is 0 Å². The molecule has 0 unspecified atom stereocenters. The van der Waals surface area contributed by atoms with Crippen LogP contribution in [0.25, 0.3) is 0 Å². The van der Waals surface area contributed by atoms with Crippen LogP contribution in [0.4, 0.5) is 0 Å². The first-order valence-corrected chi connectivity index (χ1v) is 8.29. The highest BCUT2D eigenvalue weighted by Gasteiger charge is 2.05. The summed E-state index contributed by atoms with van der Waals surface area (Å²) in [7, 11) is 0. The minimum atomic E-state index is 0.632. The molecule has 0 radical (unpaired) electrons. The quantitative estimate of drug-likeness (QED) is 0.569. The van der Waals surface area contributed by atoms with Crippen molar-refractivity contribution in [1.29, 1.82) is 0 Å². The summed E-state index contributed by atoms with van der Waals surface area (Å²) in [5.74, 6) is 0.709. The number of benzene rings is 2. The molecule has 0 N–H and O–H groups in total. The Morgan fingerprint density at radius 3 is 2.00 bits per heavy atom. The van der Waals surface area contributed by atoms with Gasteiger partial charge in [-0.05, 0) is 61.8 Å². The third-order valence-electron chi connectivity index (χ3n) is 3.96. The second-order valence-electron chi connectivity index (χ2n) is 5.92. The minimum Gasteiger partial charge on any atom is -0.0827 e. The van der Waals surface area contributed by atoms with Crippen molar-refractivity contribution < 1.29 is 0 Å². The zero-order valence-corrected chi connectivity index (χ0v) is 14.2. The Hall–Kier alpha value is -0.980. The molecule has 0 saturated carbocycles. The molecule has 2 aromatic rings. The van der Waals surface area contributed by atoms with Gasteiger partial charge in [-0.3, -0.25) is 0 Å². The summed E-state index contributed by atoms with van der Waals surface area (Å²) >= 11 is 12.0. The summed E-state index contributed by atoms with van der Waals surface area (Å²) in [4.78, 5) is 0. The Morgan fingerprint density at radius 2 is 1.38 bits per heavy atom. The van der Waals surface area contributed by atoms with Crippen LogP contribution in [-0.2, 0) is 12.8 Å². The number of halogens is 2. The van der Waals surface area contributed by atoms with Gasteiger partial charge >= 0.3 is 0 Å². The van der Waals surface area contributed by atoms with E-state index in [0.29, 0.717) is 16.0 Å². The zero-order chi connectivity index (χ0) is 15.2. The van der Waals surface area contributed by atoms with Gasteiger partial charge in [0.25, 0.3) is 0 Å².